The molecule has 0 spiro atoms. The molecule has 2 heterocycles. The summed E-state index contributed by atoms with van der Waals surface area (Å²) in [6, 6.07) is 2.14. The van der Waals surface area contributed by atoms with E-state index in [1.54, 1.807) is 17.6 Å². The normalized spacial score (nSPS) is 12.9. The highest BCUT2D eigenvalue weighted by Crippen LogP contribution is 2.21. The average molecular weight is 301 g/mol. The number of thiazole rings is 1. The van der Waals surface area contributed by atoms with Gasteiger partial charge in [0.25, 0.3) is 0 Å². The first kappa shape index (κ1) is 11.8. The van der Waals surface area contributed by atoms with Crippen LogP contribution in [-0.2, 0) is 6.54 Å². The van der Waals surface area contributed by atoms with E-state index in [2.05, 4.69) is 40.1 Å². The molecule has 1 atom stereocenters. The van der Waals surface area contributed by atoms with E-state index in [9.17, 15) is 0 Å². The van der Waals surface area contributed by atoms with Crippen LogP contribution >= 0.6 is 27.3 Å². The Kier molecular flexibility index (Phi) is 3.78. The highest BCUT2D eigenvalue weighted by Gasteiger charge is 2.10. The average Bonchev–Trinajstić information content (AvgIpc) is 2.84. The topological polar surface area (TPSA) is 38.1 Å². The lowest BCUT2D eigenvalue weighted by Crippen LogP contribution is -2.17. The van der Waals surface area contributed by atoms with E-state index < -0.39 is 0 Å². The van der Waals surface area contributed by atoms with Crippen LogP contribution in [0.2, 0.25) is 0 Å². The van der Waals surface area contributed by atoms with Gasteiger partial charge in [0.15, 0.2) is 0 Å². The Balaban J connectivity index is 1.93. The van der Waals surface area contributed by atoms with E-state index in [0.717, 1.165) is 15.2 Å². The summed E-state index contributed by atoms with van der Waals surface area (Å²) in [7, 11) is 0. The van der Waals surface area contributed by atoms with Gasteiger partial charge in [0.05, 0.1) is 23.3 Å². The van der Waals surface area contributed by atoms with Gasteiger partial charge >= 0.3 is 0 Å². The first-order chi connectivity index (χ1) is 7.66. The molecule has 1 N–H and O–H groups in total. The Hall–Kier alpha value is -0.650. The molecule has 0 saturated heterocycles. The molecule has 2 aromatic rings. The van der Waals surface area contributed by atoms with E-state index in [-0.39, 0.29) is 6.04 Å². The number of nitrogens with zero attached hydrogens (tertiary/aromatic N) is 1. The van der Waals surface area contributed by atoms with Gasteiger partial charge < -0.3 is 9.73 Å². The van der Waals surface area contributed by atoms with Crippen molar-refractivity contribution in [1.29, 1.82) is 0 Å². The fourth-order valence-corrected chi connectivity index (χ4v) is 2.50. The van der Waals surface area contributed by atoms with Crippen LogP contribution in [0.15, 0.2) is 27.4 Å². The summed E-state index contributed by atoms with van der Waals surface area (Å²) in [5.41, 5.74) is 0. The molecule has 5 heteroatoms. The van der Waals surface area contributed by atoms with Crippen LogP contribution in [0.3, 0.4) is 0 Å². The van der Waals surface area contributed by atoms with Crippen LogP contribution in [0.4, 0.5) is 0 Å². The minimum Gasteiger partial charge on any atom is -0.467 e. The van der Waals surface area contributed by atoms with Gasteiger partial charge in [-0.05, 0) is 35.8 Å². The zero-order valence-corrected chi connectivity index (χ0v) is 11.6. The predicted octanol–water partition coefficient (Wildman–Crippen LogP) is 3.66. The Morgan fingerprint density at radius 1 is 1.62 bits per heavy atom. The number of aryl methyl sites for hydroxylation is 1. The minimum atomic E-state index is 0.246. The second-order valence-electron chi connectivity index (χ2n) is 3.60. The second kappa shape index (κ2) is 5.12. The maximum Gasteiger partial charge on any atom is 0.131 e. The minimum absolute atomic E-state index is 0.246. The van der Waals surface area contributed by atoms with Crippen molar-refractivity contribution in [2.75, 3.05) is 0 Å². The van der Waals surface area contributed by atoms with Crippen molar-refractivity contribution in [2.24, 2.45) is 0 Å². The van der Waals surface area contributed by atoms with Gasteiger partial charge in [-0.15, -0.1) is 11.3 Å². The number of aromatic nitrogens is 1. The number of hydrogen-bond acceptors (Lipinski definition) is 4. The molecular weight excluding hydrogens is 288 g/mol. The van der Waals surface area contributed by atoms with Gasteiger partial charge in [-0.1, -0.05) is 0 Å². The van der Waals surface area contributed by atoms with E-state index in [1.807, 2.05) is 12.3 Å². The largest absolute Gasteiger partial charge is 0.467 e. The van der Waals surface area contributed by atoms with Crippen molar-refractivity contribution in [3.8, 4) is 0 Å². The third-order valence-corrected chi connectivity index (χ3v) is 4.07. The molecule has 0 saturated carbocycles. The Morgan fingerprint density at radius 2 is 2.44 bits per heavy atom. The van der Waals surface area contributed by atoms with E-state index in [4.69, 9.17) is 4.42 Å². The maximum absolute atomic E-state index is 5.33. The summed E-state index contributed by atoms with van der Waals surface area (Å²) in [6.07, 6.45) is 3.58. The lowest BCUT2D eigenvalue weighted by atomic mass is 10.3. The van der Waals surface area contributed by atoms with Crippen LogP contribution < -0.4 is 5.32 Å². The van der Waals surface area contributed by atoms with Crippen molar-refractivity contribution in [3.63, 3.8) is 0 Å². The number of rotatable bonds is 4. The van der Waals surface area contributed by atoms with Crippen molar-refractivity contribution < 1.29 is 4.42 Å². The molecule has 0 fully saturated rings. The predicted molar refractivity (Wildman–Crippen MR) is 68.5 cm³/mol. The van der Waals surface area contributed by atoms with Gasteiger partial charge in [-0.2, -0.15) is 0 Å². The summed E-state index contributed by atoms with van der Waals surface area (Å²) < 4.78 is 6.33. The zero-order valence-electron chi connectivity index (χ0n) is 9.16. The highest BCUT2D eigenvalue weighted by molar-refractivity contribution is 9.10. The first-order valence-electron chi connectivity index (χ1n) is 5.04. The molecule has 1 unspecified atom stereocenters. The monoisotopic (exact) mass is 300 g/mol. The van der Waals surface area contributed by atoms with E-state index >= 15 is 0 Å². The molecule has 0 aliphatic rings. The lowest BCUT2D eigenvalue weighted by Gasteiger charge is -2.09. The summed E-state index contributed by atoms with van der Waals surface area (Å²) in [5.74, 6) is 0.917. The molecule has 2 aromatic heterocycles. The van der Waals surface area contributed by atoms with Gasteiger partial charge in [0.1, 0.15) is 10.8 Å². The summed E-state index contributed by atoms with van der Waals surface area (Å²) in [5, 5.41) is 4.49. The first-order valence-corrected chi connectivity index (χ1v) is 6.65. The third-order valence-electron chi connectivity index (χ3n) is 2.27. The van der Waals surface area contributed by atoms with Crippen molar-refractivity contribution >= 4 is 27.3 Å². The zero-order chi connectivity index (χ0) is 11.5. The molecule has 0 bridgehead atoms. The molecule has 0 amide bonds. The Labute approximate surface area is 107 Å². The van der Waals surface area contributed by atoms with E-state index in [1.165, 1.54) is 4.88 Å². The lowest BCUT2D eigenvalue weighted by molar-refractivity contribution is 0.458. The van der Waals surface area contributed by atoms with Crippen molar-refractivity contribution in [3.05, 3.63) is 38.6 Å². The Bertz CT molecular complexity index is 466. The highest BCUT2D eigenvalue weighted by atomic mass is 79.9. The van der Waals surface area contributed by atoms with Crippen LogP contribution in [0.5, 0.6) is 0 Å². The van der Waals surface area contributed by atoms with Crippen LogP contribution in [0, 0.1) is 6.92 Å². The SMILES string of the molecule is Cc1cnc(C(C)NCc2occc2Br)s1. The van der Waals surface area contributed by atoms with Gasteiger partial charge in [-0.25, -0.2) is 4.98 Å². The molecule has 3 nitrogen and oxygen atoms in total. The van der Waals surface area contributed by atoms with Crippen LogP contribution in [0.25, 0.3) is 0 Å². The number of hydrogen-bond donors (Lipinski definition) is 1. The number of halogens is 1. The molecule has 2 rings (SSSR count). The fourth-order valence-electron chi connectivity index (χ4n) is 1.36. The molecule has 0 radical (unpaired) electrons. The van der Waals surface area contributed by atoms with E-state index in [0.29, 0.717) is 6.54 Å². The van der Waals surface area contributed by atoms with Gasteiger partial charge in [0.2, 0.25) is 0 Å². The van der Waals surface area contributed by atoms with Crippen molar-refractivity contribution in [2.45, 2.75) is 26.4 Å². The maximum atomic E-state index is 5.33. The van der Waals surface area contributed by atoms with Gasteiger partial charge in [-0.3, -0.25) is 0 Å². The van der Waals surface area contributed by atoms with Crippen LogP contribution in [-0.4, -0.2) is 4.98 Å². The summed E-state index contributed by atoms with van der Waals surface area (Å²) >= 11 is 5.15. The molecule has 16 heavy (non-hydrogen) atoms. The second-order valence-corrected chi connectivity index (χ2v) is 5.72. The summed E-state index contributed by atoms with van der Waals surface area (Å²) in [4.78, 5) is 5.59. The summed E-state index contributed by atoms with van der Waals surface area (Å²) in [6.45, 7) is 4.87. The fraction of sp³-hybridized carbons (Fsp3) is 0.364. The van der Waals surface area contributed by atoms with Crippen molar-refractivity contribution in [1.82, 2.24) is 10.3 Å². The standard InChI is InChI=1S/C11H13BrN2OS/c1-7-5-14-11(16-7)8(2)13-6-10-9(12)3-4-15-10/h3-5,8,13H,6H2,1-2H3. The van der Waals surface area contributed by atoms with Crippen LogP contribution in [0.1, 0.15) is 28.6 Å². The smallest absolute Gasteiger partial charge is 0.131 e. The number of furan rings is 1. The third kappa shape index (κ3) is 2.72. The molecular formula is C11H13BrN2OS. The molecule has 0 aromatic carbocycles. The molecule has 0 aliphatic heterocycles. The molecule has 0 aliphatic carbocycles. The number of nitrogens with one attached hydrogen (secondary N) is 1. The quantitative estimate of drug-likeness (QED) is 0.936. The van der Waals surface area contributed by atoms with Gasteiger partial charge in [0, 0.05) is 11.1 Å². The molecule has 86 valence electrons. The Morgan fingerprint density at radius 3 is 3.00 bits per heavy atom.